The maximum atomic E-state index is 12.7. The predicted octanol–water partition coefficient (Wildman–Crippen LogP) is 1.47. The number of fused-ring (bicyclic) bond motifs is 2. The third kappa shape index (κ3) is 2.95. The van der Waals surface area contributed by atoms with Crippen LogP contribution < -0.4 is 5.56 Å². The molecule has 0 unspecified atom stereocenters. The van der Waals surface area contributed by atoms with Crippen molar-refractivity contribution >= 4 is 5.65 Å². The molecule has 0 fully saturated rings. The summed E-state index contributed by atoms with van der Waals surface area (Å²) < 4.78 is 3.37. The maximum absolute atomic E-state index is 12.7. The molecule has 3 heterocycles. The van der Waals surface area contributed by atoms with E-state index in [9.17, 15) is 4.79 Å². The first-order valence-corrected chi connectivity index (χ1v) is 8.75. The van der Waals surface area contributed by atoms with E-state index >= 15 is 0 Å². The van der Waals surface area contributed by atoms with E-state index in [0.717, 1.165) is 31.2 Å². The Hall–Kier alpha value is -2.54. The van der Waals surface area contributed by atoms with Gasteiger partial charge in [0.1, 0.15) is 5.82 Å². The van der Waals surface area contributed by atoms with Crippen LogP contribution in [0.5, 0.6) is 0 Å². The van der Waals surface area contributed by atoms with Gasteiger partial charge in [0.2, 0.25) is 5.65 Å². The molecule has 0 bridgehead atoms. The Morgan fingerprint density at radius 2 is 1.92 bits per heavy atom. The molecule has 0 saturated heterocycles. The minimum atomic E-state index is -0.0906. The minimum Gasteiger partial charge on any atom is -0.294 e. The maximum Gasteiger partial charge on any atom is 0.299 e. The highest BCUT2D eigenvalue weighted by molar-refractivity contribution is 5.34. The molecule has 7 nitrogen and oxygen atoms in total. The quantitative estimate of drug-likeness (QED) is 0.720. The summed E-state index contributed by atoms with van der Waals surface area (Å²) in [5, 5.41) is 12.9. The number of rotatable bonds is 4. The second kappa shape index (κ2) is 6.40. The molecule has 0 amide bonds. The summed E-state index contributed by atoms with van der Waals surface area (Å²) in [4.78, 5) is 15.0. The van der Waals surface area contributed by atoms with Crippen molar-refractivity contribution < 1.29 is 0 Å². The molecule has 0 aliphatic carbocycles. The fourth-order valence-electron chi connectivity index (χ4n) is 3.28. The highest BCUT2D eigenvalue weighted by Gasteiger charge is 2.23. The SMILES string of the molecule is CC(C)c1nnc2c(=O)n3c(nn12)CN(CCc1ccccc1)CC3. The molecule has 0 N–H and O–H groups in total. The van der Waals surface area contributed by atoms with Crippen LogP contribution in [0.1, 0.15) is 37.0 Å². The van der Waals surface area contributed by atoms with E-state index in [2.05, 4.69) is 44.5 Å². The third-order valence-corrected chi connectivity index (χ3v) is 4.71. The molecule has 7 heteroatoms. The molecule has 1 aliphatic heterocycles. The highest BCUT2D eigenvalue weighted by atomic mass is 16.1. The number of nitrogens with zero attached hydrogens (tertiary/aromatic N) is 6. The van der Waals surface area contributed by atoms with E-state index in [1.165, 1.54) is 5.56 Å². The largest absolute Gasteiger partial charge is 0.299 e. The third-order valence-electron chi connectivity index (χ3n) is 4.71. The average Bonchev–Trinajstić information content (AvgIpc) is 3.05. The Morgan fingerprint density at radius 1 is 1.12 bits per heavy atom. The Morgan fingerprint density at radius 3 is 2.68 bits per heavy atom. The number of hydrogen-bond acceptors (Lipinski definition) is 5. The van der Waals surface area contributed by atoms with Gasteiger partial charge in [0.15, 0.2) is 5.82 Å². The van der Waals surface area contributed by atoms with Gasteiger partial charge in [-0.2, -0.15) is 4.52 Å². The zero-order valence-corrected chi connectivity index (χ0v) is 14.6. The lowest BCUT2D eigenvalue weighted by Crippen LogP contribution is -2.41. The van der Waals surface area contributed by atoms with E-state index < -0.39 is 0 Å². The number of aromatic nitrogens is 5. The fourth-order valence-corrected chi connectivity index (χ4v) is 3.28. The van der Waals surface area contributed by atoms with Crippen molar-refractivity contribution in [2.75, 3.05) is 13.1 Å². The summed E-state index contributed by atoms with van der Waals surface area (Å²) in [6.45, 7) is 7.19. The Labute approximate surface area is 145 Å². The number of hydrogen-bond donors (Lipinski definition) is 0. The Bertz CT molecular complexity index is 943. The van der Waals surface area contributed by atoms with Gasteiger partial charge in [-0.3, -0.25) is 14.3 Å². The molecule has 25 heavy (non-hydrogen) atoms. The summed E-state index contributed by atoms with van der Waals surface area (Å²) in [6, 6.07) is 10.5. The van der Waals surface area contributed by atoms with E-state index in [4.69, 9.17) is 0 Å². The minimum absolute atomic E-state index is 0.0906. The van der Waals surface area contributed by atoms with Crippen LogP contribution in [0, 0.1) is 0 Å². The van der Waals surface area contributed by atoms with E-state index in [1.54, 1.807) is 9.08 Å². The molecule has 0 radical (unpaired) electrons. The van der Waals surface area contributed by atoms with Crippen molar-refractivity contribution in [3.63, 3.8) is 0 Å². The van der Waals surface area contributed by atoms with Gasteiger partial charge < -0.3 is 0 Å². The lowest BCUT2D eigenvalue weighted by Gasteiger charge is -2.28. The van der Waals surface area contributed by atoms with Gasteiger partial charge in [-0.1, -0.05) is 44.2 Å². The van der Waals surface area contributed by atoms with Gasteiger partial charge in [-0.15, -0.1) is 15.3 Å². The van der Waals surface area contributed by atoms with Crippen molar-refractivity contribution in [3.05, 3.63) is 57.9 Å². The Balaban J connectivity index is 1.59. The zero-order valence-electron chi connectivity index (χ0n) is 14.6. The van der Waals surface area contributed by atoms with E-state index in [0.29, 0.717) is 18.7 Å². The van der Waals surface area contributed by atoms with Gasteiger partial charge in [-0.25, -0.2) is 0 Å². The lowest BCUT2D eigenvalue weighted by molar-refractivity contribution is 0.212. The predicted molar refractivity (Wildman–Crippen MR) is 94.6 cm³/mol. The van der Waals surface area contributed by atoms with E-state index in [-0.39, 0.29) is 11.5 Å². The smallest absolute Gasteiger partial charge is 0.294 e. The molecule has 1 aromatic carbocycles. The van der Waals surface area contributed by atoms with Gasteiger partial charge in [0.25, 0.3) is 5.56 Å². The molecule has 0 spiro atoms. The molecule has 0 atom stereocenters. The molecular weight excluding hydrogens is 316 g/mol. The van der Waals surface area contributed by atoms with Crippen LogP contribution in [0.4, 0.5) is 0 Å². The first-order valence-electron chi connectivity index (χ1n) is 8.75. The van der Waals surface area contributed by atoms with Crippen LogP contribution in [-0.2, 0) is 19.5 Å². The summed E-state index contributed by atoms with van der Waals surface area (Å²) in [5.74, 6) is 1.69. The van der Waals surface area contributed by atoms with Crippen LogP contribution in [0.2, 0.25) is 0 Å². The molecular formula is C18H22N6O. The number of benzene rings is 1. The van der Waals surface area contributed by atoms with E-state index in [1.807, 2.05) is 19.9 Å². The summed E-state index contributed by atoms with van der Waals surface area (Å²) in [6.07, 6.45) is 0.997. The first-order chi connectivity index (χ1) is 12.1. The average molecular weight is 338 g/mol. The standard InChI is InChI=1S/C18H22N6O/c1-13(2)16-19-20-17-18(25)23-11-10-22(12-15(23)21-24(16)17)9-8-14-6-4-3-5-7-14/h3-7,13H,8-12H2,1-2H3. The second-order valence-electron chi connectivity index (χ2n) is 6.83. The monoisotopic (exact) mass is 338 g/mol. The van der Waals surface area contributed by atoms with Gasteiger partial charge in [0.05, 0.1) is 6.54 Å². The van der Waals surface area contributed by atoms with Crippen molar-refractivity contribution in [1.29, 1.82) is 0 Å². The molecule has 130 valence electrons. The van der Waals surface area contributed by atoms with Gasteiger partial charge in [-0.05, 0) is 12.0 Å². The molecule has 4 rings (SSSR count). The summed E-state index contributed by atoms with van der Waals surface area (Å²) in [7, 11) is 0. The summed E-state index contributed by atoms with van der Waals surface area (Å²) in [5.41, 5.74) is 1.56. The topological polar surface area (TPSA) is 68.3 Å². The normalized spacial score (nSPS) is 15.0. The van der Waals surface area contributed by atoms with Crippen LogP contribution >= 0.6 is 0 Å². The molecule has 1 aliphatic rings. The molecule has 0 saturated carbocycles. The first kappa shape index (κ1) is 16.0. The zero-order chi connectivity index (χ0) is 17.4. The van der Waals surface area contributed by atoms with Crippen LogP contribution in [-0.4, -0.2) is 42.4 Å². The molecule has 3 aromatic rings. The van der Waals surface area contributed by atoms with Crippen LogP contribution in [0.3, 0.4) is 0 Å². The van der Waals surface area contributed by atoms with Gasteiger partial charge in [0, 0.05) is 25.6 Å². The van der Waals surface area contributed by atoms with Crippen molar-refractivity contribution in [3.8, 4) is 0 Å². The molecule has 2 aromatic heterocycles. The lowest BCUT2D eigenvalue weighted by atomic mass is 10.1. The Kier molecular flexibility index (Phi) is 4.09. The van der Waals surface area contributed by atoms with Crippen LogP contribution in [0.25, 0.3) is 5.65 Å². The highest BCUT2D eigenvalue weighted by Crippen LogP contribution is 2.14. The summed E-state index contributed by atoms with van der Waals surface area (Å²) >= 11 is 0. The van der Waals surface area contributed by atoms with Crippen LogP contribution in [0.15, 0.2) is 35.1 Å². The fraction of sp³-hybridized carbons (Fsp3) is 0.444. The van der Waals surface area contributed by atoms with Gasteiger partial charge >= 0.3 is 0 Å². The van der Waals surface area contributed by atoms with Crippen molar-refractivity contribution in [1.82, 2.24) is 29.3 Å². The second-order valence-corrected chi connectivity index (χ2v) is 6.83. The van der Waals surface area contributed by atoms with Crippen molar-refractivity contribution in [2.45, 2.75) is 39.3 Å². The van der Waals surface area contributed by atoms with Crippen molar-refractivity contribution in [2.24, 2.45) is 0 Å².